The number of sulfonamides is 1. The maximum absolute atomic E-state index is 12.7. The normalized spacial score (nSPS) is 15.0. The largest absolute Gasteiger partial charge is 0.483 e. The summed E-state index contributed by atoms with van der Waals surface area (Å²) in [5.41, 5.74) is 0.238. The topological polar surface area (TPSA) is 93.2 Å². The predicted octanol–water partition coefficient (Wildman–Crippen LogP) is 1.39. The molecule has 154 valence electrons. The van der Waals surface area contributed by atoms with Gasteiger partial charge in [0.25, 0.3) is 5.91 Å². The molecule has 3 rings (SSSR count). The van der Waals surface area contributed by atoms with E-state index in [1.807, 2.05) is 0 Å². The van der Waals surface area contributed by atoms with Gasteiger partial charge >= 0.3 is 5.97 Å². The van der Waals surface area contributed by atoms with Gasteiger partial charge in [-0.05, 0) is 24.3 Å². The maximum Gasteiger partial charge on any atom is 0.341 e. The number of carbonyl (C=O) groups is 2. The number of piperazine rings is 1. The first-order chi connectivity index (χ1) is 13.9. The van der Waals surface area contributed by atoms with E-state index in [0.717, 1.165) is 0 Å². The van der Waals surface area contributed by atoms with Crippen molar-refractivity contribution in [3.05, 3.63) is 60.2 Å². The molecule has 1 heterocycles. The standard InChI is InChI=1S/C20H22N2O6S/c1-27-20(24)17-9-5-6-10-18(17)28-15-19(23)21-11-13-22(14-12-21)29(25,26)16-7-3-2-4-8-16/h2-10H,11-15H2,1H3. The lowest BCUT2D eigenvalue weighted by molar-refractivity contribution is -0.134. The summed E-state index contributed by atoms with van der Waals surface area (Å²) in [5.74, 6) is -0.563. The van der Waals surface area contributed by atoms with Crippen molar-refractivity contribution >= 4 is 21.9 Å². The van der Waals surface area contributed by atoms with E-state index >= 15 is 0 Å². The molecule has 2 aromatic rings. The number of methoxy groups -OCH3 is 1. The average molecular weight is 418 g/mol. The van der Waals surface area contributed by atoms with E-state index in [1.54, 1.807) is 59.5 Å². The minimum atomic E-state index is -3.57. The number of para-hydroxylation sites is 1. The fraction of sp³-hybridized carbons (Fsp3) is 0.300. The van der Waals surface area contributed by atoms with Crippen LogP contribution in [0.2, 0.25) is 0 Å². The van der Waals surface area contributed by atoms with Gasteiger partial charge in [-0.15, -0.1) is 0 Å². The maximum atomic E-state index is 12.7. The van der Waals surface area contributed by atoms with E-state index in [2.05, 4.69) is 0 Å². The van der Waals surface area contributed by atoms with Gasteiger partial charge in [-0.25, -0.2) is 13.2 Å². The number of hydrogen-bond acceptors (Lipinski definition) is 6. The second-order valence-corrected chi connectivity index (χ2v) is 8.31. The summed E-state index contributed by atoms with van der Waals surface area (Å²) in [5, 5.41) is 0. The van der Waals surface area contributed by atoms with Crippen LogP contribution in [-0.2, 0) is 19.6 Å². The number of nitrogens with zero attached hydrogens (tertiary/aromatic N) is 2. The summed E-state index contributed by atoms with van der Waals surface area (Å²) in [6.45, 7) is 0.711. The minimum Gasteiger partial charge on any atom is -0.483 e. The van der Waals surface area contributed by atoms with Crippen molar-refractivity contribution in [2.45, 2.75) is 4.90 Å². The van der Waals surface area contributed by atoms with Crippen LogP contribution < -0.4 is 4.74 Å². The molecule has 9 heteroatoms. The zero-order valence-corrected chi connectivity index (χ0v) is 16.8. The number of esters is 1. The first-order valence-corrected chi connectivity index (χ1v) is 10.5. The Hall–Kier alpha value is -2.91. The SMILES string of the molecule is COC(=O)c1ccccc1OCC(=O)N1CCN(S(=O)(=O)c2ccccc2)CC1. The number of carbonyl (C=O) groups excluding carboxylic acids is 2. The molecule has 0 spiro atoms. The highest BCUT2D eigenvalue weighted by atomic mass is 32.2. The van der Waals surface area contributed by atoms with Crippen molar-refractivity contribution in [2.24, 2.45) is 0 Å². The Balaban J connectivity index is 1.57. The number of amides is 1. The molecule has 0 N–H and O–H groups in total. The van der Waals surface area contributed by atoms with Crippen LogP contribution in [0, 0.1) is 0 Å². The highest BCUT2D eigenvalue weighted by Gasteiger charge is 2.30. The molecule has 0 bridgehead atoms. The van der Waals surface area contributed by atoms with E-state index in [-0.39, 0.29) is 54.9 Å². The smallest absolute Gasteiger partial charge is 0.341 e. The number of ether oxygens (including phenoxy) is 2. The van der Waals surface area contributed by atoms with Gasteiger partial charge in [0.15, 0.2) is 6.61 Å². The molecule has 8 nitrogen and oxygen atoms in total. The molecular formula is C20H22N2O6S. The van der Waals surface area contributed by atoms with Crippen LogP contribution >= 0.6 is 0 Å². The van der Waals surface area contributed by atoms with Crippen LogP contribution in [-0.4, -0.2) is 69.4 Å². The fourth-order valence-electron chi connectivity index (χ4n) is 3.02. The van der Waals surface area contributed by atoms with Gasteiger partial charge in [0.1, 0.15) is 11.3 Å². The monoisotopic (exact) mass is 418 g/mol. The van der Waals surface area contributed by atoms with Crippen molar-refractivity contribution in [3.8, 4) is 5.75 Å². The average Bonchev–Trinajstić information content (AvgIpc) is 2.77. The van der Waals surface area contributed by atoms with E-state index in [1.165, 1.54) is 11.4 Å². The van der Waals surface area contributed by atoms with Gasteiger partial charge in [-0.2, -0.15) is 4.31 Å². The van der Waals surface area contributed by atoms with Gasteiger partial charge < -0.3 is 14.4 Å². The predicted molar refractivity (Wildman–Crippen MR) is 105 cm³/mol. The molecule has 1 saturated heterocycles. The summed E-state index contributed by atoms with van der Waals surface area (Å²) in [6, 6.07) is 14.7. The molecular weight excluding hydrogens is 396 g/mol. The lowest BCUT2D eigenvalue weighted by Gasteiger charge is -2.34. The molecule has 0 saturated carbocycles. The summed E-state index contributed by atoms with van der Waals surface area (Å²) >= 11 is 0. The molecule has 2 aromatic carbocycles. The number of hydrogen-bond donors (Lipinski definition) is 0. The summed E-state index contributed by atoms with van der Waals surface area (Å²) in [7, 11) is -2.30. The van der Waals surface area contributed by atoms with Crippen LogP contribution in [0.5, 0.6) is 5.75 Å². The Morgan fingerprint density at radius 3 is 2.21 bits per heavy atom. The highest BCUT2D eigenvalue weighted by Crippen LogP contribution is 2.20. The van der Waals surface area contributed by atoms with Crippen molar-refractivity contribution in [2.75, 3.05) is 39.9 Å². The lowest BCUT2D eigenvalue weighted by atomic mass is 10.2. The van der Waals surface area contributed by atoms with E-state index in [4.69, 9.17) is 9.47 Å². The summed E-state index contributed by atoms with van der Waals surface area (Å²) < 4.78 is 36.9. The quantitative estimate of drug-likeness (QED) is 0.658. The third-order valence-corrected chi connectivity index (χ3v) is 6.53. The summed E-state index contributed by atoms with van der Waals surface area (Å²) in [4.78, 5) is 26.0. The van der Waals surface area contributed by atoms with Crippen LogP contribution in [0.3, 0.4) is 0 Å². The molecule has 0 unspecified atom stereocenters. The van der Waals surface area contributed by atoms with Crippen molar-refractivity contribution < 1.29 is 27.5 Å². The van der Waals surface area contributed by atoms with Crippen LogP contribution in [0.1, 0.15) is 10.4 Å². The second-order valence-electron chi connectivity index (χ2n) is 6.37. The lowest BCUT2D eigenvalue weighted by Crippen LogP contribution is -2.51. The molecule has 0 atom stereocenters. The van der Waals surface area contributed by atoms with Gasteiger partial charge in [0, 0.05) is 26.2 Å². The molecule has 0 aliphatic carbocycles. The molecule has 0 radical (unpaired) electrons. The summed E-state index contributed by atoms with van der Waals surface area (Å²) in [6.07, 6.45) is 0. The fourth-order valence-corrected chi connectivity index (χ4v) is 4.46. The molecule has 1 amide bonds. The molecule has 1 aliphatic heterocycles. The van der Waals surface area contributed by atoms with Gasteiger partial charge in [-0.3, -0.25) is 4.79 Å². The highest BCUT2D eigenvalue weighted by molar-refractivity contribution is 7.89. The first kappa shape index (κ1) is 20.8. The minimum absolute atomic E-state index is 0.210. The van der Waals surface area contributed by atoms with Crippen LogP contribution in [0.4, 0.5) is 0 Å². The Kier molecular flexibility index (Phi) is 6.50. The molecule has 0 aromatic heterocycles. The second kappa shape index (κ2) is 9.06. The Labute approximate surface area is 169 Å². The van der Waals surface area contributed by atoms with E-state index in [9.17, 15) is 18.0 Å². The van der Waals surface area contributed by atoms with Gasteiger partial charge in [0.05, 0.1) is 12.0 Å². The Morgan fingerprint density at radius 1 is 0.931 bits per heavy atom. The zero-order chi connectivity index (χ0) is 20.9. The van der Waals surface area contributed by atoms with Gasteiger partial charge in [0.2, 0.25) is 10.0 Å². The molecule has 29 heavy (non-hydrogen) atoms. The third kappa shape index (κ3) is 4.75. The molecule has 1 aliphatic rings. The van der Waals surface area contributed by atoms with Crippen molar-refractivity contribution in [1.82, 2.24) is 9.21 Å². The van der Waals surface area contributed by atoms with E-state index in [0.29, 0.717) is 0 Å². The zero-order valence-electron chi connectivity index (χ0n) is 16.0. The van der Waals surface area contributed by atoms with Crippen molar-refractivity contribution in [1.29, 1.82) is 0 Å². The first-order valence-electron chi connectivity index (χ1n) is 9.06. The molecule has 1 fully saturated rings. The van der Waals surface area contributed by atoms with Crippen LogP contribution in [0.15, 0.2) is 59.5 Å². The van der Waals surface area contributed by atoms with Gasteiger partial charge in [-0.1, -0.05) is 30.3 Å². The van der Waals surface area contributed by atoms with Crippen LogP contribution in [0.25, 0.3) is 0 Å². The Morgan fingerprint density at radius 2 is 1.55 bits per heavy atom. The Bertz CT molecular complexity index is 969. The number of benzene rings is 2. The van der Waals surface area contributed by atoms with E-state index < -0.39 is 16.0 Å². The third-order valence-electron chi connectivity index (χ3n) is 4.62. The van der Waals surface area contributed by atoms with Crippen molar-refractivity contribution in [3.63, 3.8) is 0 Å². The number of rotatable bonds is 6.